The molecule has 0 N–H and O–H groups in total. The van der Waals surface area contributed by atoms with E-state index in [9.17, 15) is 0 Å². The fourth-order valence-electron chi connectivity index (χ4n) is 8.28. The Morgan fingerprint density at radius 2 is 1.00 bits per heavy atom. The largest absolute Gasteiger partial charge is 0.455 e. The van der Waals surface area contributed by atoms with Crippen molar-refractivity contribution in [3.8, 4) is 22.3 Å². The topological polar surface area (TPSA) is 16.4 Å². The molecule has 2 nitrogen and oxygen atoms in total. The van der Waals surface area contributed by atoms with Crippen LogP contribution in [-0.2, 0) is 5.41 Å². The van der Waals surface area contributed by atoms with Crippen LogP contribution < -0.4 is 4.90 Å². The van der Waals surface area contributed by atoms with Crippen LogP contribution in [0.15, 0.2) is 168 Å². The van der Waals surface area contributed by atoms with Crippen molar-refractivity contribution in [1.82, 2.24) is 0 Å². The number of benzene rings is 8. The van der Waals surface area contributed by atoms with Gasteiger partial charge in [-0.15, -0.1) is 0 Å². The van der Waals surface area contributed by atoms with Crippen LogP contribution in [0.25, 0.3) is 65.7 Å². The molecule has 0 atom stereocenters. The Bertz CT molecular complexity index is 2760. The fraction of sp³-hybridized carbons (Fsp3) is 0.0638. The maximum atomic E-state index is 6.87. The molecular formula is C47H33NO. The molecule has 0 saturated heterocycles. The van der Waals surface area contributed by atoms with E-state index in [4.69, 9.17) is 4.42 Å². The van der Waals surface area contributed by atoms with Crippen molar-refractivity contribution in [3.05, 3.63) is 175 Å². The lowest BCUT2D eigenvalue weighted by Crippen LogP contribution is -2.17. The zero-order valence-electron chi connectivity index (χ0n) is 27.4. The molecule has 1 aliphatic rings. The molecule has 0 radical (unpaired) electrons. The van der Waals surface area contributed by atoms with Crippen LogP contribution >= 0.6 is 0 Å². The fourth-order valence-corrected chi connectivity index (χ4v) is 8.28. The van der Waals surface area contributed by atoms with Crippen molar-refractivity contribution < 1.29 is 4.42 Å². The first-order chi connectivity index (χ1) is 24.1. The van der Waals surface area contributed by atoms with E-state index in [0.29, 0.717) is 0 Å². The minimum atomic E-state index is -0.117. The molecule has 0 bridgehead atoms. The zero-order valence-corrected chi connectivity index (χ0v) is 27.4. The van der Waals surface area contributed by atoms with E-state index >= 15 is 0 Å². The van der Waals surface area contributed by atoms with Gasteiger partial charge in [-0.3, -0.25) is 0 Å². The van der Waals surface area contributed by atoms with E-state index in [-0.39, 0.29) is 5.41 Å². The first-order valence-corrected chi connectivity index (χ1v) is 17.0. The van der Waals surface area contributed by atoms with Gasteiger partial charge in [-0.25, -0.2) is 0 Å². The SMILES string of the molecule is CC1(C)c2ccccc2-c2ccc(N(c3ccccc3-c3cccc4c3oc3c5ccccc5ccc43)c3cccc4ccccc34)cc21. The second kappa shape index (κ2) is 10.4. The zero-order chi connectivity index (χ0) is 32.7. The maximum Gasteiger partial charge on any atom is 0.143 e. The van der Waals surface area contributed by atoms with Gasteiger partial charge in [-0.1, -0.05) is 147 Å². The van der Waals surface area contributed by atoms with Crippen molar-refractivity contribution in [2.75, 3.05) is 4.90 Å². The highest BCUT2D eigenvalue weighted by molar-refractivity contribution is 6.18. The standard InChI is InChI=1S/C47H33NO/c1-47(2)41-22-9-7-18-35(41)36-28-26-32(29-42(36)47)48(43-24-11-15-30-13-3-5-16-33(30)43)44-23-10-8-19-37(44)38-20-12-21-39-40-27-25-31-14-4-6-17-34(31)45(40)49-46(38)39/h3-29H,1-2H3. The van der Waals surface area contributed by atoms with Crippen molar-refractivity contribution in [1.29, 1.82) is 0 Å². The second-order valence-corrected chi connectivity index (χ2v) is 13.7. The number of anilines is 3. The van der Waals surface area contributed by atoms with Crippen LogP contribution in [0.1, 0.15) is 25.0 Å². The predicted molar refractivity (Wildman–Crippen MR) is 206 cm³/mol. The monoisotopic (exact) mass is 627 g/mol. The highest BCUT2D eigenvalue weighted by Crippen LogP contribution is 2.52. The molecule has 1 heterocycles. The summed E-state index contributed by atoms with van der Waals surface area (Å²) in [5, 5.41) is 6.99. The van der Waals surface area contributed by atoms with Gasteiger partial charge >= 0.3 is 0 Å². The molecule has 8 aromatic carbocycles. The van der Waals surface area contributed by atoms with Crippen molar-refractivity contribution in [2.24, 2.45) is 0 Å². The molecule has 10 rings (SSSR count). The van der Waals surface area contributed by atoms with E-state index in [1.54, 1.807) is 0 Å². The summed E-state index contributed by atoms with van der Waals surface area (Å²) in [4.78, 5) is 2.45. The minimum Gasteiger partial charge on any atom is -0.455 e. The molecule has 0 spiro atoms. The van der Waals surface area contributed by atoms with E-state index in [2.05, 4.69) is 183 Å². The summed E-state index contributed by atoms with van der Waals surface area (Å²) >= 11 is 0. The molecule has 49 heavy (non-hydrogen) atoms. The Morgan fingerprint density at radius 1 is 0.408 bits per heavy atom. The average Bonchev–Trinajstić information content (AvgIpc) is 3.65. The Kier molecular flexibility index (Phi) is 5.95. The third-order valence-electron chi connectivity index (χ3n) is 10.7. The number of furan rings is 1. The molecule has 2 heteroatoms. The van der Waals surface area contributed by atoms with Crippen molar-refractivity contribution in [3.63, 3.8) is 0 Å². The summed E-state index contributed by atoms with van der Waals surface area (Å²) in [6.07, 6.45) is 0. The smallest absolute Gasteiger partial charge is 0.143 e. The summed E-state index contributed by atoms with van der Waals surface area (Å²) in [6, 6.07) is 59.4. The van der Waals surface area contributed by atoms with Crippen LogP contribution in [-0.4, -0.2) is 0 Å². The van der Waals surface area contributed by atoms with Gasteiger partial charge < -0.3 is 9.32 Å². The predicted octanol–water partition coefficient (Wildman–Crippen LogP) is 13.3. The van der Waals surface area contributed by atoms with Gasteiger partial charge in [0.05, 0.1) is 11.4 Å². The molecule has 0 amide bonds. The van der Waals surface area contributed by atoms with E-state index in [0.717, 1.165) is 55.5 Å². The Labute approximate surface area is 285 Å². The number of hydrogen-bond donors (Lipinski definition) is 0. The minimum absolute atomic E-state index is 0.117. The number of hydrogen-bond acceptors (Lipinski definition) is 2. The third-order valence-corrected chi connectivity index (χ3v) is 10.7. The van der Waals surface area contributed by atoms with Crippen molar-refractivity contribution >= 4 is 60.5 Å². The van der Waals surface area contributed by atoms with Crippen molar-refractivity contribution in [2.45, 2.75) is 19.3 Å². The second-order valence-electron chi connectivity index (χ2n) is 13.7. The molecule has 0 saturated carbocycles. The maximum absolute atomic E-state index is 6.87. The van der Waals surface area contributed by atoms with Gasteiger partial charge in [0.2, 0.25) is 0 Å². The van der Waals surface area contributed by atoms with Crippen LogP contribution in [0.4, 0.5) is 17.1 Å². The molecular weight excluding hydrogens is 595 g/mol. The van der Waals surface area contributed by atoms with Crippen LogP contribution in [0.2, 0.25) is 0 Å². The summed E-state index contributed by atoms with van der Waals surface area (Å²) in [5.41, 5.74) is 12.7. The molecule has 1 aliphatic carbocycles. The lowest BCUT2D eigenvalue weighted by atomic mass is 9.82. The number of nitrogens with zero attached hydrogens (tertiary/aromatic N) is 1. The van der Waals surface area contributed by atoms with Gasteiger partial charge in [0.1, 0.15) is 11.2 Å². The summed E-state index contributed by atoms with van der Waals surface area (Å²) in [6.45, 7) is 4.70. The van der Waals surface area contributed by atoms with Gasteiger partial charge in [0.25, 0.3) is 0 Å². The Balaban J connectivity index is 1.25. The first kappa shape index (κ1) is 27.9. The Hall–Kier alpha value is -6.12. The first-order valence-electron chi connectivity index (χ1n) is 17.0. The molecule has 0 fully saturated rings. The van der Waals surface area contributed by atoms with Gasteiger partial charge in [-0.05, 0) is 63.4 Å². The molecule has 0 unspecified atom stereocenters. The lowest BCUT2D eigenvalue weighted by Gasteiger charge is -2.30. The lowest BCUT2D eigenvalue weighted by molar-refractivity contribution is 0.660. The Morgan fingerprint density at radius 3 is 1.88 bits per heavy atom. The van der Waals surface area contributed by atoms with Crippen LogP contribution in [0, 0.1) is 0 Å². The van der Waals surface area contributed by atoms with Gasteiger partial charge in [0, 0.05) is 43.8 Å². The van der Waals surface area contributed by atoms with Gasteiger partial charge in [0.15, 0.2) is 0 Å². The highest BCUT2D eigenvalue weighted by Gasteiger charge is 2.36. The third kappa shape index (κ3) is 4.07. The molecule has 0 aliphatic heterocycles. The summed E-state index contributed by atoms with van der Waals surface area (Å²) in [7, 11) is 0. The number of para-hydroxylation sites is 2. The highest BCUT2D eigenvalue weighted by atomic mass is 16.3. The molecule has 232 valence electrons. The quantitative estimate of drug-likeness (QED) is 0.193. The average molecular weight is 628 g/mol. The summed E-state index contributed by atoms with van der Waals surface area (Å²) < 4.78 is 6.87. The molecule has 1 aromatic heterocycles. The normalized spacial score (nSPS) is 13.3. The summed E-state index contributed by atoms with van der Waals surface area (Å²) in [5.74, 6) is 0. The molecule has 9 aromatic rings. The van der Waals surface area contributed by atoms with Gasteiger partial charge in [-0.2, -0.15) is 0 Å². The number of rotatable bonds is 4. The van der Waals surface area contributed by atoms with Crippen LogP contribution in [0.3, 0.4) is 0 Å². The van der Waals surface area contributed by atoms with Crippen LogP contribution in [0.5, 0.6) is 0 Å². The number of fused-ring (bicyclic) bond motifs is 9. The van der Waals surface area contributed by atoms with E-state index < -0.39 is 0 Å². The van der Waals surface area contributed by atoms with E-state index in [1.807, 2.05) is 0 Å². The van der Waals surface area contributed by atoms with E-state index in [1.165, 1.54) is 38.4 Å².